The first-order valence-electron chi connectivity index (χ1n) is 4.26. The van der Waals surface area contributed by atoms with Gasteiger partial charge in [0, 0.05) is 5.10 Å². The Morgan fingerprint density at radius 2 is 2.07 bits per heavy atom. The molecule has 4 unspecified atom stereocenters. The molecule has 1 aliphatic rings. The van der Waals surface area contributed by atoms with Crippen LogP contribution in [0.2, 0.25) is 0 Å². The molecule has 0 spiro atoms. The second kappa shape index (κ2) is 3.28. The van der Waals surface area contributed by atoms with Gasteiger partial charge in [-0.3, -0.25) is 0 Å². The zero-order valence-corrected chi connectivity index (χ0v) is 7.28. The highest BCUT2D eigenvalue weighted by molar-refractivity contribution is 4.99. The molecule has 1 aromatic rings. The van der Waals surface area contributed by atoms with Gasteiger partial charge in [-0.15, -0.1) is 4.68 Å². The third-order valence-corrected chi connectivity index (χ3v) is 2.53. The monoisotopic (exact) mass is 202 g/mol. The first kappa shape index (κ1) is 9.53. The van der Waals surface area contributed by atoms with Gasteiger partial charge >= 0.3 is 0 Å². The van der Waals surface area contributed by atoms with Crippen molar-refractivity contribution in [3.63, 3.8) is 0 Å². The minimum atomic E-state index is -1.30. The SMILES string of the molecule is OCC1C(O)C(O)C(O)c2cn[nH][n+]21. The average Bonchev–Trinajstić information content (AvgIpc) is 2.64. The van der Waals surface area contributed by atoms with E-state index in [0.29, 0.717) is 5.69 Å². The molecule has 2 rings (SSSR count). The van der Waals surface area contributed by atoms with E-state index in [1.807, 2.05) is 0 Å². The maximum Gasteiger partial charge on any atom is 0.212 e. The summed E-state index contributed by atoms with van der Waals surface area (Å²) in [6.45, 7) is -0.342. The van der Waals surface area contributed by atoms with Crippen LogP contribution in [0.5, 0.6) is 0 Å². The highest BCUT2D eigenvalue weighted by Crippen LogP contribution is 2.25. The minimum absolute atomic E-state index is 0.342. The largest absolute Gasteiger partial charge is 0.392 e. The van der Waals surface area contributed by atoms with Crippen LogP contribution in [0.4, 0.5) is 0 Å². The molecule has 2 heterocycles. The fourth-order valence-corrected chi connectivity index (χ4v) is 1.69. The van der Waals surface area contributed by atoms with Crippen molar-refractivity contribution in [2.24, 2.45) is 0 Å². The summed E-state index contributed by atoms with van der Waals surface area (Å²) >= 11 is 0. The molecule has 0 radical (unpaired) electrons. The Kier molecular flexibility index (Phi) is 2.23. The molecule has 0 saturated carbocycles. The van der Waals surface area contributed by atoms with Crippen LogP contribution in [-0.2, 0) is 0 Å². The predicted octanol–water partition coefficient (Wildman–Crippen LogP) is -3.00. The standard InChI is InChI=1S/C7H11N3O4/c11-2-4-6(13)7(14)5(12)3-1-8-9-10(3)4/h1,4-7,11-14H,2H2/p+1. The van der Waals surface area contributed by atoms with Crippen molar-refractivity contribution >= 4 is 0 Å². The van der Waals surface area contributed by atoms with Gasteiger partial charge in [0.25, 0.3) is 0 Å². The van der Waals surface area contributed by atoms with Crippen molar-refractivity contribution in [1.29, 1.82) is 0 Å². The summed E-state index contributed by atoms with van der Waals surface area (Å²) in [5.74, 6) is 0. The number of aromatic nitrogens is 3. The molecular weight excluding hydrogens is 190 g/mol. The van der Waals surface area contributed by atoms with Crippen molar-refractivity contribution in [2.45, 2.75) is 24.4 Å². The van der Waals surface area contributed by atoms with E-state index in [4.69, 9.17) is 5.11 Å². The van der Waals surface area contributed by atoms with Crippen molar-refractivity contribution in [3.8, 4) is 0 Å². The second-order valence-corrected chi connectivity index (χ2v) is 3.33. The Hall–Kier alpha value is -1.02. The van der Waals surface area contributed by atoms with Gasteiger partial charge in [-0.25, -0.2) is 0 Å². The lowest BCUT2D eigenvalue weighted by Gasteiger charge is -2.30. The number of aromatic amines is 1. The second-order valence-electron chi connectivity index (χ2n) is 3.33. The number of aliphatic hydroxyl groups excluding tert-OH is 4. The maximum absolute atomic E-state index is 9.53. The van der Waals surface area contributed by atoms with Gasteiger partial charge in [-0.2, -0.15) is 0 Å². The third-order valence-electron chi connectivity index (χ3n) is 2.53. The smallest absolute Gasteiger partial charge is 0.212 e. The minimum Gasteiger partial charge on any atom is -0.392 e. The molecule has 0 aromatic carbocycles. The summed E-state index contributed by atoms with van der Waals surface area (Å²) in [6, 6.07) is -0.703. The first-order valence-corrected chi connectivity index (χ1v) is 4.26. The summed E-state index contributed by atoms with van der Waals surface area (Å²) in [5.41, 5.74) is 0.349. The van der Waals surface area contributed by atoms with Crippen LogP contribution in [0, 0.1) is 0 Å². The average molecular weight is 202 g/mol. The number of nitrogens with one attached hydrogen (secondary N) is 1. The van der Waals surface area contributed by atoms with Gasteiger partial charge in [-0.1, -0.05) is 5.21 Å². The van der Waals surface area contributed by atoms with Crippen LogP contribution in [0.1, 0.15) is 17.8 Å². The van der Waals surface area contributed by atoms with Crippen molar-refractivity contribution in [3.05, 3.63) is 11.9 Å². The molecule has 5 N–H and O–H groups in total. The van der Waals surface area contributed by atoms with Crippen LogP contribution in [0.25, 0.3) is 0 Å². The number of rotatable bonds is 1. The summed E-state index contributed by atoms with van der Waals surface area (Å²) < 4.78 is 1.35. The van der Waals surface area contributed by atoms with Crippen molar-refractivity contribution in [1.82, 2.24) is 10.3 Å². The van der Waals surface area contributed by atoms with E-state index < -0.39 is 24.4 Å². The summed E-state index contributed by atoms with van der Waals surface area (Å²) in [4.78, 5) is 0. The Morgan fingerprint density at radius 3 is 2.71 bits per heavy atom. The maximum atomic E-state index is 9.53. The normalized spacial score (nSPS) is 36.9. The van der Waals surface area contributed by atoms with Crippen LogP contribution >= 0.6 is 0 Å². The van der Waals surface area contributed by atoms with Gasteiger partial charge < -0.3 is 20.4 Å². The molecule has 14 heavy (non-hydrogen) atoms. The van der Waals surface area contributed by atoms with Gasteiger partial charge in [0.2, 0.25) is 11.9 Å². The van der Waals surface area contributed by atoms with Gasteiger partial charge in [0.15, 0.2) is 6.04 Å². The fraction of sp³-hybridized carbons (Fsp3) is 0.714. The Labute approximate surface area is 79.2 Å². The lowest BCUT2D eigenvalue weighted by atomic mass is 9.95. The Balaban J connectivity index is 2.44. The van der Waals surface area contributed by atoms with E-state index in [0.717, 1.165) is 0 Å². The van der Waals surface area contributed by atoms with Crippen LogP contribution in [0.3, 0.4) is 0 Å². The molecule has 1 aliphatic heterocycles. The molecule has 1 aromatic heterocycles. The molecular formula is C7H12N3O4+. The molecule has 0 amide bonds. The van der Waals surface area contributed by atoms with E-state index in [-0.39, 0.29) is 6.61 Å². The number of aliphatic hydroxyl groups is 4. The highest BCUT2D eigenvalue weighted by atomic mass is 16.4. The van der Waals surface area contributed by atoms with Crippen molar-refractivity contribution < 1.29 is 25.1 Å². The molecule has 7 nitrogen and oxygen atoms in total. The number of hydrogen-bond donors (Lipinski definition) is 5. The van der Waals surface area contributed by atoms with Crippen LogP contribution in [-0.4, -0.2) is 49.6 Å². The number of hydrogen-bond acceptors (Lipinski definition) is 5. The molecule has 7 heteroatoms. The zero-order valence-electron chi connectivity index (χ0n) is 7.28. The zero-order chi connectivity index (χ0) is 10.3. The number of fused-ring (bicyclic) bond motifs is 1. The molecule has 0 fully saturated rings. The Morgan fingerprint density at radius 1 is 1.36 bits per heavy atom. The lowest BCUT2D eigenvalue weighted by molar-refractivity contribution is -0.800. The summed E-state index contributed by atoms with van der Waals surface area (Å²) in [5, 5.41) is 43.7. The summed E-state index contributed by atoms with van der Waals surface area (Å²) in [7, 11) is 0. The highest BCUT2D eigenvalue weighted by Gasteiger charge is 2.45. The fourth-order valence-electron chi connectivity index (χ4n) is 1.69. The Bertz CT molecular complexity index is 328. The van der Waals surface area contributed by atoms with E-state index in [2.05, 4.69) is 10.3 Å². The first-order chi connectivity index (χ1) is 6.66. The third kappa shape index (κ3) is 1.14. The predicted molar refractivity (Wildman–Crippen MR) is 41.9 cm³/mol. The van der Waals surface area contributed by atoms with Gasteiger partial charge in [0.05, 0.1) is 6.61 Å². The van der Waals surface area contributed by atoms with Gasteiger partial charge in [-0.05, 0) is 0 Å². The van der Waals surface area contributed by atoms with E-state index in [1.54, 1.807) is 0 Å². The topological polar surface area (TPSA) is 113 Å². The quantitative estimate of drug-likeness (QED) is 0.311. The summed E-state index contributed by atoms with van der Waals surface area (Å²) in [6.07, 6.45) is -2.35. The number of H-pyrrole nitrogens is 1. The van der Waals surface area contributed by atoms with E-state index in [9.17, 15) is 15.3 Å². The van der Waals surface area contributed by atoms with E-state index in [1.165, 1.54) is 10.9 Å². The van der Waals surface area contributed by atoms with E-state index >= 15 is 0 Å². The van der Waals surface area contributed by atoms with Crippen LogP contribution in [0.15, 0.2) is 6.20 Å². The molecule has 0 aliphatic carbocycles. The number of nitrogens with zero attached hydrogens (tertiary/aromatic N) is 2. The van der Waals surface area contributed by atoms with Crippen LogP contribution < -0.4 is 4.68 Å². The lowest BCUT2D eigenvalue weighted by Crippen LogP contribution is -2.61. The molecule has 4 atom stereocenters. The molecule has 0 saturated heterocycles. The van der Waals surface area contributed by atoms with Crippen molar-refractivity contribution in [2.75, 3.05) is 6.61 Å². The van der Waals surface area contributed by atoms with Gasteiger partial charge in [0.1, 0.15) is 18.3 Å². The molecule has 0 bridgehead atoms. The molecule has 78 valence electrons.